The van der Waals surface area contributed by atoms with Crippen LogP contribution in [0.2, 0.25) is 0 Å². The van der Waals surface area contributed by atoms with Gasteiger partial charge in [-0.2, -0.15) is 0 Å². The van der Waals surface area contributed by atoms with Crippen LogP contribution < -0.4 is 11.3 Å². The molecule has 2 N–H and O–H groups in total. The van der Waals surface area contributed by atoms with Gasteiger partial charge in [-0.3, -0.25) is 4.79 Å². The molecule has 102 valence electrons. The lowest BCUT2D eigenvalue weighted by Crippen LogP contribution is -2.27. The third kappa shape index (κ3) is 2.87. The Hall–Kier alpha value is -1.61. The molecule has 0 aliphatic heterocycles. The van der Waals surface area contributed by atoms with Crippen LogP contribution in [-0.2, 0) is 13.1 Å². The second-order valence-electron chi connectivity index (χ2n) is 5.24. The van der Waals surface area contributed by atoms with Crippen molar-refractivity contribution in [1.82, 2.24) is 4.57 Å². The first-order chi connectivity index (χ1) is 9.17. The van der Waals surface area contributed by atoms with E-state index in [4.69, 9.17) is 5.73 Å². The van der Waals surface area contributed by atoms with Crippen LogP contribution in [-0.4, -0.2) is 4.57 Å². The molecule has 1 atom stereocenters. The molecule has 0 saturated carbocycles. The first kappa shape index (κ1) is 13.8. The number of rotatable bonds is 5. The normalized spacial score (nSPS) is 12.8. The highest BCUT2D eigenvalue weighted by Gasteiger charge is 2.10. The van der Waals surface area contributed by atoms with Crippen molar-refractivity contribution < 1.29 is 0 Å². The van der Waals surface area contributed by atoms with E-state index in [1.807, 2.05) is 34.9 Å². The lowest BCUT2D eigenvalue weighted by molar-refractivity contribution is 0.445. The van der Waals surface area contributed by atoms with Gasteiger partial charge in [0, 0.05) is 18.7 Å². The van der Waals surface area contributed by atoms with Gasteiger partial charge in [-0.1, -0.05) is 38.5 Å². The van der Waals surface area contributed by atoms with Crippen LogP contribution in [0, 0.1) is 5.92 Å². The van der Waals surface area contributed by atoms with Gasteiger partial charge in [-0.25, -0.2) is 0 Å². The molecule has 3 nitrogen and oxygen atoms in total. The number of hydrogen-bond acceptors (Lipinski definition) is 2. The molecule has 0 amide bonds. The minimum atomic E-state index is 0.0594. The Balaban J connectivity index is 2.56. The van der Waals surface area contributed by atoms with Crippen molar-refractivity contribution in [3.8, 4) is 0 Å². The summed E-state index contributed by atoms with van der Waals surface area (Å²) in [7, 11) is 0. The van der Waals surface area contributed by atoms with Crippen LogP contribution in [0.3, 0.4) is 0 Å². The molecule has 19 heavy (non-hydrogen) atoms. The highest BCUT2D eigenvalue weighted by Crippen LogP contribution is 2.16. The highest BCUT2D eigenvalue weighted by atomic mass is 16.1. The highest BCUT2D eigenvalue weighted by molar-refractivity contribution is 5.79. The van der Waals surface area contributed by atoms with Crippen LogP contribution >= 0.6 is 0 Å². The fourth-order valence-corrected chi connectivity index (χ4v) is 2.61. The van der Waals surface area contributed by atoms with Gasteiger partial charge in [0.2, 0.25) is 0 Å². The number of benzene rings is 1. The van der Waals surface area contributed by atoms with Gasteiger partial charge < -0.3 is 10.3 Å². The Bertz CT molecular complexity index is 616. The second-order valence-corrected chi connectivity index (χ2v) is 5.24. The fraction of sp³-hybridized carbons (Fsp3) is 0.438. The Morgan fingerprint density at radius 1 is 1.32 bits per heavy atom. The van der Waals surface area contributed by atoms with Crippen molar-refractivity contribution in [2.75, 3.05) is 0 Å². The van der Waals surface area contributed by atoms with E-state index < -0.39 is 0 Å². The molecular weight excluding hydrogens is 236 g/mol. The molecule has 1 unspecified atom stereocenters. The summed E-state index contributed by atoms with van der Waals surface area (Å²) in [5, 5.41) is 1.09. The quantitative estimate of drug-likeness (QED) is 0.896. The van der Waals surface area contributed by atoms with Gasteiger partial charge in [-0.15, -0.1) is 0 Å². The molecule has 0 bridgehead atoms. The average molecular weight is 258 g/mol. The van der Waals surface area contributed by atoms with E-state index in [1.165, 1.54) is 0 Å². The van der Waals surface area contributed by atoms with Crippen molar-refractivity contribution >= 4 is 10.9 Å². The van der Waals surface area contributed by atoms with Crippen molar-refractivity contribution in [3.63, 3.8) is 0 Å². The molecule has 0 spiro atoms. The van der Waals surface area contributed by atoms with Gasteiger partial charge in [0.15, 0.2) is 0 Å². The standard InChI is InChI=1S/C16H22N2O/c1-3-6-12(2)11-18-15-8-5-4-7-13(15)9-14(10-17)16(18)19/h4-5,7-9,12H,3,6,10-11,17H2,1-2H3. The number of pyridine rings is 1. The molecule has 2 aromatic rings. The Kier molecular flexibility index (Phi) is 4.38. The molecule has 0 fully saturated rings. The van der Waals surface area contributed by atoms with Crippen LogP contribution in [0.25, 0.3) is 10.9 Å². The van der Waals surface area contributed by atoms with Crippen LogP contribution in [0.5, 0.6) is 0 Å². The molecule has 0 aliphatic carbocycles. The van der Waals surface area contributed by atoms with Crippen LogP contribution in [0.15, 0.2) is 35.1 Å². The first-order valence-corrected chi connectivity index (χ1v) is 6.99. The van der Waals surface area contributed by atoms with E-state index >= 15 is 0 Å². The first-order valence-electron chi connectivity index (χ1n) is 6.99. The molecule has 0 saturated heterocycles. The van der Waals surface area contributed by atoms with E-state index in [0.29, 0.717) is 18.0 Å². The monoisotopic (exact) mass is 258 g/mol. The molecule has 1 heterocycles. The maximum absolute atomic E-state index is 12.4. The summed E-state index contributed by atoms with van der Waals surface area (Å²) in [6.45, 7) is 5.43. The average Bonchev–Trinajstić information content (AvgIpc) is 2.42. The summed E-state index contributed by atoms with van der Waals surface area (Å²) >= 11 is 0. The number of hydrogen-bond donors (Lipinski definition) is 1. The molecule has 1 aromatic heterocycles. The minimum Gasteiger partial charge on any atom is -0.326 e. The summed E-state index contributed by atoms with van der Waals surface area (Å²) in [6.07, 6.45) is 2.28. The number of fused-ring (bicyclic) bond motifs is 1. The van der Waals surface area contributed by atoms with Crippen molar-refractivity contribution in [1.29, 1.82) is 0 Å². The van der Waals surface area contributed by atoms with E-state index in [0.717, 1.165) is 30.3 Å². The molecule has 0 aliphatic rings. The lowest BCUT2D eigenvalue weighted by atomic mass is 10.1. The SMILES string of the molecule is CCCC(C)Cn1c(=O)c(CN)cc2ccccc21. The predicted octanol–water partition coefficient (Wildman–Crippen LogP) is 2.90. The van der Waals surface area contributed by atoms with Crippen LogP contribution in [0.4, 0.5) is 0 Å². The zero-order valence-corrected chi connectivity index (χ0v) is 11.7. The molecule has 2 rings (SSSR count). The maximum Gasteiger partial charge on any atom is 0.255 e. The van der Waals surface area contributed by atoms with Gasteiger partial charge in [0.05, 0.1) is 5.52 Å². The van der Waals surface area contributed by atoms with E-state index in [9.17, 15) is 4.79 Å². The fourth-order valence-electron chi connectivity index (χ4n) is 2.61. The van der Waals surface area contributed by atoms with E-state index in [1.54, 1.807) is 0 Å². The lowest BCUT2D eigenvalue weighted by Gasteiger charge is -2.16. The van der Waals surface area contributed by atoms with Gasteiger partial charge in [0.25, 0.3) is 5.56 Å². The van der Waals surface area contributed by atoms with E-state index in [-0.39, 0.29) is 5.56 Å². The van der Waals surface area contributed by atoms with Gasteiger partial charge in [-0.05, 0) is 29.9 Å². The van der Waals surface area contributed by atoms with Gasteiger partial charge in [0.1, 0.15) is 0 Å². The molecule has 1 aromatic carbocycles. The summed E-state index contributed by atoms with van der Waals surface area (Å²) in [5.41, 5.74) is 7.45. The number of aromatic nitrogens is 1. The smallest absolute Gasteiger partial charge is 0.255 e. The zero-order chi connectivity index (χ0) is 13.8. The van der Waals surface area contributed by atoms with Crippen molar-refractivity contribution in [2.45, 2.75) is 39.8 Å². The number of para-hydroxylation sites is 1. The topological polar surface area (TPSA) is 48.0 Å². The van der Waals surface area contributed by atoms with Crippen molar-refractivity contribution in [3.05, 3.63) is 46.2 Å². The third-order valence-corrected chi connectivity index (χ3v) is 3.57. The predicted molar refractivity (Wildman–Crippen MR) is 80.2 cm³/mol. The zero-order valence-electron chi connectivity index (χ0n) is 11.7. The molecule has 0 radical (unpaired) electrons. The summed E-state index contributed by atoms with van der Waals surface area (Å²) in [6, 6.07) is 9.93. The minimum absolute atomic E-state index is 0.0594. The molecule has 3 heteroatoms. The Morgan fingerprint density at radius 2 is 2.05 bits per heavy atom. The number of nitrogens with two attached hydrogens (primary N) is 1. The second kappa shape index (κ2) is 6.02. The van der Waals surface area contributed by atoms with E-state index in [2.05, 4.69) is 13.8 Å². The summed E-state index contributed by atoms with van der Waals surface area (Å²) in [5.74, 6) is 0.499. The molecular formula is C16H22N2O. The summed E-state index contributed by atoms with van der Waals surface area (Å²) < 4.78 is 1.89. The van der Waals surface area contributed by atoms with Crippen molar-refractivity contribution in [2.24, 2.45) is 11.7 Å². The van der Waals surface area contributed by atoms with Gasteiger partial charge >= 0.3 is 0 Å². The summed E-state index contributed by atoms with van der Waals surface area (Å²) in [4.78, 5) is 12.4. The maximum atomic E-state index is 12.4. The largest absolute Gasteiger partial charge is 0.326 e. The van der Waals surface area contributed by atoms with Crippen LogP contribution in [0.1, 0.15) is 32.3 Å². The Labute approximate surface area is 114 Å². The Morgan fingerprint density at radius 3 is 2.74 bits per heavy atom. The third-order valence-electron chi connectivity index (χ3n) is 3.57. The number of nitrogens with zero attached hydrogens (tertiary/aromatic N) is 1.